The largest absolute Gasteiger partial charge is 0.151 e. The lowest BCUT2D eigenvalue weighted by Crippen LogP contribution is -2.35. The van der Waals surface area contributed by atoms with Gasteiger partial charge in [0.05, 0.1) is 16.1 Å². The van der Waals surface area contributed by atoms with Crippen molar-refractivity contribution in [2.45, 2.75) is 46.2 Å². The van der Waals surface area contributed by atoms with E-state index in [0.717, 1.165) is 0 Å². The quantitative estimate of drug-likeness (QED) is 0.468. The second kappa shape index (κ2) is 5.41. The highest BCUT2D eigenvalue weighted by atomic mass is 32.1. The van der Waals surface area contributed by atoms with Crippen molar-refractivity contribution < 1.29 is 0 Å². The van der Waals surface area contributed by atoms with Crippen LogP contribution in [-0.2, 0) is 0 Å². The van der Waals surface area contributed by atoms with Gasteiger partial charge >= 0.3 is 0 Å². The number of allylic oxidation sites excluding steroid dienone is 1. The van der Waals surface area contributed by atoms with E-state index in [1.54, 1.807) is 23.8 Å². The highest BCUT2D eigenvalue weighted by molar-refractivity contribution is 7.40. The SMILES string of the molecule is C/C=C/c1sc([Si](C)(C)C)c2sc3c([Si](C)(C)C)scc3c12. The van der Waals surface area contributed by atoms with Crippen LogP contribution < -0.4 is 9.00 Å². The predicted molar refractivity (Wildman–Crippen MR) is 116 cm³/mol. The van der Waals surface area contributed by atoms with E-state index in [9.17, 15) is 0 Å². The fourth-order valence-electron chi connectivity index (χ4n) is 2.79. The normalized spacial score (nSPS) is 14.0. The number of hydrogen-bond donors (Lipinski definition) is 0. The molecule has 0 fully saturated rings. The van der Waals surface area contributed by atoms with Gasteiger partial charge in [-0.2, -0.15) is 11.3 Å². The molecule has 0 N–H and O–H groups in total. The van der Waals surface area contributed by atoms with E-state index in [4.69, 9.17) is 0 Å². The van der Waals surface area contributed by atoms with Gasteiger partial charge < -0.3 is 0 Å². The van der Waals surface area contributed by atoms with Crippen molar-refractivity contribution in [1.82, 2.24) is 0 Å². The van der Waals surface area contributed by atoms with Gasteiger partial charge in [-0.1, -0.05) is 45.4 Å². The van der Waals surface area contributed by atoms with Gasteiger partial charge in [0.25, 0.3) is 0 Å². The summed E-state index contributed by atoms with van der Waals surface area (Å²) in [6.45, 7) is 17.0. The predicted octanol–water partition coefficient (Wildman–Crippen LogP) is 6.30. The zero-order chi connectivity index (χ0) is 16.3. The van der Waals surface area contributed by atoms with E-state index in [-0.39, 0.29) is 0 Å². The van der Waals surface area contributed by atoms with Gasteiger partial charge in [0.15, 0.2) is 0 Å². The van der Waals surface area contributed by atoms with Crippen LogP contribution in [0.4, 0.5) is 0 Å². The molecule has 0 saturated carbocycles. The molecule has 0 atom stereocenters. The lowest BCUT2D eigenvalue weighted by molar-refractivity contribution is 1.80. The summed E-state index contributed by atoms with van der Waals surface area (Å²) in [6.07, 6.45) is 4.50. The molecule has 0 nitrogen and oxygen atoms in total. The van der Waals surface area contributed by atoms with Gasteiger partial charge in [-0.15, -0.1) is 22.7 Å². The number of rotatable bonds is 3. The first-order valence-corrected chi connectivity index (χ1v) is 17.3. The summed E-state index contributed by atoms with van der Waals surface area (Å²) >= 11 is 6.12. The van der Waals surface area contributed by atoms with E-state index >= 15 is 0 Å². The minimum Gasteiger partial charge on any atom is -0.151 e. The van der Waals surface area contributed by atoms with Crippen LogP contribution >= 0.6 is 34.0 Å². The Kier molecular flexibility index (Phi) is 4.10. The zero-order valence-corrected chi connectivity index (χ0v) is 18.9. The Morgan fingerprint density at radius 2 is 1.50 bits per heavy atom. The maximum Gasteiger partial charge on any atom is 0.0923 e. The fourth-order valence-corrected chi connectivity index (χ4v) is 13.0. The molecule has 0 aliphatic heterocycles. The number of fused-ring (bicyclic) bond motifs is 3. The number of thiophene rings is 3. The summed E-state index contributed by atoms with van der Waals surface area (Å²) in [5.41, 5.74) is 0. The third-order valence-corrected chi connectivity index (χ3v) is 15.0. The third kappa shape index (κ3) is 2.61. The first kappa shape index (κ1) is 16.6. The second-order valence-electron chi connectivity index (χ2n) is 7.91. The van der Waals surface area contributed by atoms with Gasteiger partial charge in [0, 0.05) is 34.1 Å². The molecule has 3 rings (SSSR count). The van der Waals surface area contributed by atoms with Crippen LogP contribution in [0.3, 0.4) is 0 Å². The molecule has 3 aromatic heterocycles. The smallest absolute Gasteiger partial charge is 0.0923 e. The molecule has 3 heterocycles. The second-order valence-corrected chi connectivity index (χ2v) is 21.6. The van der Waals surface area contributed by atoms with Gasteiger partial charge in [-0.3, -0.25) is 0 Å². The summed E-state index contributed by atoms with van der Waals surface area (Å²) < 4.78 is 6.55. The molecule has 0 aliphatic rings. The van der Waals surface area contributed by atoms with Crippen molar-refractivity contribution in [3.05, 3.63) is 16.3 Å². The first-order chi connectivity index (χ1) is 10.1. The molecule has 0 unspecified atom stereocenters. The summed E-state index contributed by atoms with van der Waals surface area (Å²) in [4.78, 5) is 1.47. The lowest BCUT2D eigenvalue weighted by Gasteiger charge is -2.14. The Balaban J connectivity index is 2.43. The maximum absolute atomic E-state index is 2.48. The minimum absolute atomic E-state index is 1.26. The maximum atomic E-state index is 2.48. The average molecular weight is 381 g/mol. The van der Waals surface area contributed by atoms with Gasteiger partial charge in [-0.25, -0.2) is 0 Å². The van der Waals surface area contributed by atoms with Crippen LogP contribution in [0.25, 0.3) is 26.2 Å². The van der Waals surface area contributed by atoms with Crippen LogP contribution in [0, 0.1) is 0 Å². The molecule has 22 heavy (non-hydrogen) atoms. The monoisotopic (exact) mass is 380 g/mol. The Morgan fingerprint density at radius 3 is 2.05 bits per heavy atom. The van der Waals surface area contributed by atoms with Crippen molar-refractivity contribution in [2.24, 2.45) is 0 Å². The molecular weight excluding hydrogens is 357 g/mol. The molecular formula is C17H24S3Si2. The van der Waals surface area contributed by atoms with Crippen LogP contribution in [0.15, 0.2) is 11.5 Å². The molecule has 0 bridgehead atoms. The van der Waals surface area contributed by atoms with E-state index in [0.29, 0.717) is 0 Å². The molecule has 0 aliphatic carbocycles. The molecule has 5 heteroatoms. The Bertz CT molecular complexity index is 864. The summed E-state index contributed by atoms with van der Waals surface area (Å²) in [6, 6.07) is 0. The molecule has 0 spiro atoms. The summed E-state index contributed by atoms with van der Waals surface area (Å²) in [7, 11) is -2.55. The highest BCUT2D eigenvalue weighted by Gasteiger charge is 2.29. The van der Waals surface area contributed by atoms with Crippen LogP contribution in [-0.4, -0.2) is 16.1 Å². The highest BCUT2D eigenvalue weighted by Crippen LogP contribution is 2.41. The van der Waals surface area contributed by atoms with Crippen LogP contribution in [0.2, 0.25) is 39.3 Å². The summed E-state index contributed by atoms with van der Waals surface area (Å²) in [5.74, 6) is 0. The van der Waals surface area contributed by atoms with E-state index < -0.39 is 16.1 Å². The van der Waals surface area contributed by atoms with Gasteiger partial charge in [0.1, 0.15) is 0 Å². The molecule has 0 amide bonds. The fraction of sp³-hybridized carbons (Fsp3) is 0.412. The van der Waals surface area contributed by atoms with Crippen molar-refractivity contribution in [1.29, 1.82) is 0 Å². The minimum atomic E-state index is -1.30. The Hall–Kier alpha value is -0.206. The van der Waals surface area contributed by atoms with Crippen molar-refractivity contribution in [2.75, 3.05) is 0 Å². The van der Waals surface area contributed by atoms with Gasteiger partial charge in [0.2, 0.25) is 0 Å². The van der Waals surface area contributed by atoms with E-state index in [1.807, 2.05) is 22.7 Å². The van der Waals surface area contributed by atoms with E-state index in [2.05, 4.69) is 75.1 Å². The first-order valence-electron chi connectivity index (χ1n) is 7.74. The Labute approximate surface area is 147 Å². The topological polar surface area (TPSA) is 0 Å². The average Bonchev–Trinajstić information content (AvgIpc) is 2.96. The van der Waals surface area contributed by atoms with E-state index in [1.165, 1.54) is 10.3 Å². The van der Waals surface area contributed by atoms with Crippen LogP contribution in [0.5, 0.6) is 0 Å². The lowest BCUT2D eigenvalue weighted by atomic mass is 10.2. The molecule has 3 aromatic rings. The third-order valence-electron chi connectivity index (χ3n) is 3.79. The van der Waals surface area contributed by atoms with Crippen molar-refractivity contribution in [3.63, 3.8) is 0 Å². The standard InChI is InChI=1S/C17H24S3Si2/c1-8-9-12-13-11-10-18-16(21(2,3)4)14(11)20-15(13)17(19-12)22(5,6)7/h8-10H,1-7H3/b9-8+. The number of hydrogen-bond acceptors (Lipinski definition) is 3. The Morgan fingerprint density at radius 1 is 0.864 bits per heavy atom. The van der Waals surface area contributed by atoms with Gasteiger partial charge in [-0.05, 0) is 18.4 Å². The van der Waals surface area contributed by atoms with Crippen molar-refractivity contribution in [3.8, 4) is 0 Å². The molecule has 0 aromatic carbocycles. The zero-order valence-electron chi connectivity index (χ0n) is 14.5. The van der Waals surface area contributed by atoms with Crippen LogP contribution in [0.1, 0.15) is 11.8 Å². The molecule has 118 valence electrons. The van der Waals surface area contributed by atoms with Crippen molar-refractivity contribution >= 4 is 85.4 Å². The summed E-state index contributed by atoms with van der Waals surface area (Å²) in [5, 5.41) is 5.49. The molecule has 0 radical (unpaired) electrons. The molecule has 0 saturated heterocycles.